The molecule has 0 aliphatic heterocycles. The Kier molecular flexibility index (Phi) is 5.94. The summed E-state index contributed by atoms with van der Waals surface area (Å²) < 4.78 is 40.8. The Morgan fingerprint density at radius 3 is 2.67 bits per heavy atom. The lowest BCUT2D eigenvalue weighted by Gasteiger charge is -2.10. The second kappa shape index (κ2) is 8.14. The van der Waals surface area contributed by atoms with Gasteiger partial charge in [-0.2, -0.15) is 13.2 Å². The Morgan fingerprint density at radius 1 is 1.12 bits per heavy atom. The number of nitrogens with zero attached hydrogens (tertiary/aromatic N) is 2. The zero-order valence-electron chi connectivity index (χ0n) is 12.5. The monoisotopic (exact) mass is 340 g/mol. The average molecular weight is 340 g/mol. The van der Waals surface area contributed by atoms with Gasteiger partial charge in [0.25, 0.3) is 5.91 Å². The van der Waals surface area contributed by atoms with Crippen molar-refractivity contribution in [3.05, 3.63) is 48.3 Å². The number of alkyl halides is 3. The van der Waals surface area contributed by atoms with Gasteiger partial charge in [-0.3, -0.25) is 4.79 Å². The van der Waals surface area contributed by atoms with Crippen LogP contribution >= 0.6 is 0 Å². The molecule has 0 bridgehead atoms. The summed E-state index contributed by atoms with van der Waals surface area (Å²) in [7, 11) is 0. The molecule has 2 aromatic heterocycles. The molecule has 6 nitrogen and oxygen atoms in total. The van der Waals surface area contributed by atoms with E-state index in [1.54, 1.807) is 18.3 Å². The number of carbonyl (C=O) groups is 1. The molecular weight excluding hydrogens is 325 g/mol. The number of carbonyl (C=O) groups excluding carboxylic acids is 1. The van der Waals surface area contributed by atoms with Gasteiger partial charge < -0.3 is 15.4 Å². The smallest absolute Gasteiger partial charge is 0.422 e. The van der Waals surface area contributed by atoms with E-state index in [4.69, 9.17) is 0 Å². The SMILES string of the molecule is O=C(NCCNc1ccccn1)c1cccc(OCC(F)(F)F)n1. The number of pyridine rings is 2. The fourth-order valence-electron chi connectivity index (χ4n) is 1.70. The maximum absolute atomic E-state index is 12.1. The number of hydrogen-bond donors (Lipinski definition) is 2. The van der Waals surface area contributed by atoms with Crippen LogP contribution in [-0.2, 0) is 0 Å². The van der Waals surface area contributed by atoms with Crippen LogP contribution in [0.4, 0.5) is 19.0 Å². The van der Waals surface area contributed by atoms with Gasteiger partial charge in [0.1, 0.15) is 11.5 Å². The number of aromatic nitrogens is 2. The normalized spacial score (nSPS) is 11.0. The molecule has 0 aromatic carbocycles. The molecule has 2 N–H and O–H groups in total. The first kappa shape index (κ1) is 17.5. The Morgan fingerprint density at radius 2 is 1.96 bits per heavy atom. The lowest BCUT2D eigenvalue weighted by Crippen LogP contribution is -2.29. The van der Waals surface area contributed by atoms with Crippen LogP contribution in [0.25, 0.3) is 0 Å². The van der Waals surface area contributed by atoms with Crippen molar-refractivity contribution >= 4 is 11.7 Å². The summed E-state index contributed by atoms with van der Waals surface area (Å²) in [6.45, 7) is -0.725. The summed E-state index contributed by atoms with van der Waals surface area (Å²) in [5, 5.41) is 5.60. The average Bonchev–Trinajstić information content (AvgIpc) is 2.57. The molecule has 0 aliphatic rings. The molecular formula is C15H15F3N4O2. The molecule has 0 aliphatic carbocycles. The third-order valence-electron chi connectivity index (χ3n) is 2.72. The van der Waals surface area contributed by atoms with Crippen molar-refractivity contribution in [1.29, 1.82) is 0 Å². The van der Waals surface area contributed by atoms with Crippen molar-refractivity contribution in [1.82, 2.24) is 15.3 Å². The highest BCUT2D eigenvalue weighted by molar-refractivity contribution is 5.92. The van der Waals surface area contributed by atoms with E-state index in [9.17, 15) is 18.0 Å². The fraction of sp³-hybridized carbons (Fsp3) is 0.267. The summed E-state index contributed by atoms with van der Waals surface area (Å²) in [5.74, 6) is -0.0886. The van der Waals surface area contributed by atoms with E-state index in [1.165, 1.54) is 18.2 Å². The third kappa shape index (κ3) is 6.11. The number of ether oxygens (including phenoxy) is 1. The Bertz CT molecular complexity index is 665. The van der Waals surface area contributed by atoms with Crippen LogP contribution in [0.2, 0.25) is 0 Å². The molecule has 128 valence electrons. The van der Waals surface area contributed by atoms with Crippen LogP contribution in [0.15, 0.2) is 42.6 Å². The molecule has 1 amide bonds. The number of amides is 1. The van der Waals surface area contributed by atoms with Gasteiger partial charge in [0.15, 0.2) is 6.61 Å². The van der Waals surface area contributed by atoms with E-state index < -0.39 is 18.7 Å². The maximum atomic E-state index is 12.1. The van der Waals surface area contributed by atoms with E-state index in [2.05, 4.69) is 25.3 Å². The minimum absolute atomic E-state index is 0.0208. The molecule has 2 aromatic rings. The van der Waals surface area contributed by atoms with E-state index in [0.29, 0.717) is 18.9 Å². The summed E-state index contributed by atoms with van der Waals surface area (Å²) in [5.41, 5.74) is -0.0208. The van der Waals surface area contributed by atoms with Crippen molar-refractivity contribution < 1.29 is 22.7 Å². The highest BCUT2D eigenvalue weighted by Gasteiger charge is 2.28. The zero-order chi connectivity index (χ0) is 17.4. The maximum Gasteiger partial charge on any atom is 0.422 e. The summed E-state index contributed by atoms with van der Waals surface area (Å²) in [6, 6.07) is 9.44. The van der Waals surface area contributed by atoms with E-state index in [1.807, 2.05) is 6.07 Å². The molecule has 0 saturated heterocycles. The second-order valence-electron chi connectivity index (χ2n) is 4.66. The standard InChI is InChI=1S/C15H15F3N4O2/c16-15(17,18)10-24-13-6-3-4-11(22-13)14(23)21-9-8-20-12-5-1-2-7-19-12/h1-7H,8-10H2,(H,19,20)(H,21,23). The molecule has 24 heavy (non-hydrogen) atoms. The molecule has 0 radical (unpaired) electrons. The predicted octanol–water partition coefficient (Wildman–Crippen LogP) is 2.26. The molecule has 0 unspecified atom stereocenters. The summed E-state index contributed by atoms with van der Waals surface area (Å²) in [6.07, 6.45) is -2.83. The van der Waals surface area contributed by atoms with Gasteiger partial charge in [-0.15, -0.1) is 0 Å². The minimum atomic E-state index is -4.46. The number of halogens is 3. The Hall–Kier alpha value is -2.84. The van der Waals surface area contributed by atoms with Crippen LogP contribution < -0.4 is 15.4 Å². The highest BCUT2D eigenvalue weighted by Crippen LogP contribution is 2.17. The van der Waals surface area contributed by atoms with Gasteiger partial charge in [-0.05, 0) is 18.2 Å². The number of hydrogen-bond acceptors (Lipinski definition) is 5. The lowest BCUT2D eigenvalue weighted by molar-refractivity contribution is -0.154. The van der Waals surface area contributed by atoms with Crippen molar-refractivity contribution in [3.63, 3.8) is 0 Å². The third-order valence-corrected chi connectivity index (χ3v) is 2.72. The summed E-state index contributed by atoms with van der Waals surface area (Å²) in [4.78, 5) is 19.7. The van der Waals surface area contributed by atoms with Gasteiger partial charge in [-0.25, -0.2) is 9.97 Å². The first-order chi connectivity index (χ1) is 11.4. The van der Waals surface area contributed by atoms with Crippen LogP contribution in [0.1, 0.15) is 10.5 Å². The van der Waals surface area contributed by atoms with Gasteiger partial charge in [0, 0.05) is 25.4 Å². The van der Waals surface area contributed by atoms with E-state index in [0.717, 1.165) is 0 Å². The van der Waals surface area contributed by atoms with Crippen molar-refractivity contribution in [2.75, 3.05) is 25.0 Å². The van der Waals surface area contributed by atoms with E-state index >= 15 is 0 Å². The minimum Gasteiger partial charge on any atom is -0.468 e. The molecule has 0 fully saturated rings. The molecule has 0 saturated carbocycles. The van der Waals surface area contributed by atoms with Gasteiger partial charge in [0.05, 0.1) is 0 Å². The predicted molar refractivity (Wildman–Crippen MR) is 80.8 cm³/mol. The lowest BCUT2D eigenvalue weighted by atomic mass is 10.3. The van der Waals surface area contributed by atoms with Crippen LogP contribution in [-0.4, -0.2) is 41.7 Å². The molecule has 2 heterocycles. The van der Waals surface area contributed by atoms with Crippen LogP contribution in [0.3, 0.4) is 0 Å². The largest absolute Gasteiger partial charge is 0.468 e. The molecule has 0 atom stereocenters. The first-order valence-corrected chi connectivity index (χ1v) is 7.04. The van der Waals surface area contributed by atoms with Crippen molar-refractivity contribution in [3.8, 4) is 5.88 Å². The first-order valence-electron chi connectivity index (χ1n) is 7.04. The molecule has 0 spiro atoms. The summed E-state index contributed by atoms with van der Waals surface area (Å²) >= 11 is 0. The zero-order valence-corrected chi connectivity index (χ0v) is 12.5. The fourth-order valence-corrected chi connectivity index (χ4v) is 1.70. The van der Waals surface area contributed by atoms with E-state index in [-0.39, 0.29) is 11.6 Å². The van der Waals surface area contributed by atoms with Crippen molar-refractivity contribution in [2.24, 2.45) is 0 Å². The number of nitrogens with one attached hydrogen (secondary N) is 2. The Labute approximate surface area is 136 Å². The number of rotatable bonds is 7. The molecule has 2 rings (SSSR count). The Balaban J connectivity index is 1.79. The quantitative estimate of drug-likeness (QED) is 0.756. The number of anilines is 1. The van der Waals surface area contributed by atoms with Gasteiger partial charge in [-0.1, -0.05) is 12.1 Å². The van der Waals surface area contributed by atoms with Crippen LogP contribution in [0, 0.1) is 0 Å². The van der Waals surface area contributed by atoms with Crippen molar-refractivity contribution in [2.45, 2.75) is 6.18 Å². The van der Waals surface area contributed by atoms with Crippen LogP contribution in [0.5, 0.6) is 5.88 Å². The second-order valence-corrected chi connectivity index (χ2v) is 4.66. The highest BCUT2D eigenvalue weighted by atomic mass is 19.4. The topological polar surface area (TPSA) is 76.1 Å². The molecule has 9 heteroatoms. The van der Waals surface area contributed by atoms with Gasteiger partial charge in [0.2, 0.25) is 5.88 Å². The van der Waals surface area contributed by atoms with Gasteiger partial charge >= 0.3 is 6.18 Å².